The van der Waals surface area contributed by atoms with E-state index in [0.717, 1.165) is 25.3 Å². The van der Waals surface area contributed by atoms with Crippen LogP contribution in [0, 0.1) is 0 Å². The number of rotatable bonds is 3. The van der Waals surface area contributed by atoms with Crippen molar-refractivity contribution in [1.82, 2.24) is 4.31 Å². The minimum absolute atomic E-state index is 0.684. The second-order valence-electron chi connectivity index (χ2n) is 3.37. The van der Waals surface area contributed by atoms with E-state index in [0.29, 0.717) is 0 Å². The Morgan fingerprint density at radius 3 is 2.25 bits per heavy atom. The molecule has 3 heteroatoms. The van der Waals surface area contributed by atoms with Crippen molar-refractivity contribution in [3.8, 4) is 0 Å². The van der Waals surface area contributed by atoms with E-state index in [-0.39, 0.29) is 0 Å². The molecule has 12 heavy (non-hydrogen) atoms. The van der Waals surface area contributed by atoms with Gasteiger partial charge in [0.1, 0.15) is 0 Å². The minimum Gasteiger partial charge on any atom is -0.243 e. The highest BCUT2D eigenvalue weighted by Gasteiger charge is 2.13. The van der Waals surface area contributed by atoms with Crippen molar-refractivity contribution in [2.24, 2.45) is 0 Å². The lowest BCUT2D eigenvalue weighted by atomic mass is 10.2. The van der Waals surface area contributed by atoms with Gasteiger partial charge in [-0.05, 0) is 19.3 Å². The summed E-state index contributed by atoms with van der Waals surface area (Å²) in [6, 6.07) is 0. The summed E-state index contributed by atoms with van der Waals surface area (Å²) >= 11 is 0. The molecule has 1 fully saturated rings. The van der Waals surface area contributed by atoms with Crippen LogP contribution in [-0.2, 0) is 11.0 Å². The van der Waals surface area contributed by atoms with Gasteiger partial charge in [0.05, 0.1) is 11.0 Å². The molecule has 1 aliphatic rings. The Kier molecular flexibility index (Phi) is 4.84. The van der Waals surface area contributed by atoms with Crippen LogP contribution in [0.15, 0.2) is 0 Å². The lowest BCUT2D eigenvalue weighted by Crippen LogP contribution is -2.28. The average Bonchev–Trinajstić information content (AvgIpc) is 2.32. The zero-order valence-corrected chi connectivity index (χ0v) is 8.74. The number of nitrogens with zero attached hydrogens (tertiary/aromatic N) is 1. The molecular weight excluding hydrogens is 170 g/mol. The third-order valence-corrected chi connectivity index (χ3v) is 3.93. The van der Waals surface area contributed by atoms with Crippen molar-refractivity contribution < 1.29 is 4.21 Å². The molecule has 0 saturated carbocycles. The molecule has 0 aromatic rings. The van der Waals surface area contributed by atoms with Crippen LogP contribution in [0.5, 0.6) is 0 Å². The van der Waals surface area contributed by atoms with Gasteiger partial charge in [-0.15, -0.1) is 0 Å². The van der Waals surface area contributed by atoms with Crippen LogP contribution in [-0.4, -0.2) is 27.4 Å². The summed E-state index contributed by atoms with van der Waals surface area (Å²) in [5.74, 6) is 0.847. The summed E-state index contributed by atoms with van der Waals surface area (Å²) in [5.41, 5.74) is 0. The van der Waals surface area contributed by atoms with Crippen LogP contribution in [0.4, 0.5) is 0 Å². The second kappa shape index (κ2) is 5.70. The molecule has 0 bridgehead atoms. The Bertz CT molecular complexity index is 141. The van der Waals surface area contributed by atoms with Crippen LogP contribution in [0.2, 0.25) is 0 Å². The molecule has 0 radical (unpaired) electrons. The van der Waals surface area contributed by atoms with Crippen molar-refractivity contribution in [2.75, 3.05) is 18.8 Å². The van der Waals surface area contributed by atoms with Gasteiger partial charge in [0.15, 0.2) is 0 Å². The van der Waals surface area contributed by atoms with Crippen molar-refractivity contribution in [3.63, 3.8) is 0 Å². The molecule has 1 atom stereocenters. The van der Waals surface area contributed by atoms with Crippen molar-refractivity contribution >= 4 is 11.0 Å². The maximum Gasteiger partial charge on any atom is 0.0942 e. The maximum atomic E-state index is 11.6. The van der Waals surface area contributed by atoms with Gasteiger partial charge in [0.2, 0.25) is 0 Å². The molecule has 0 aromatic heterocycles. The van der Waals surface area contributed by atoms with Crippen molar-refractivity contribution in [2.45, 2.75) is 39.0 Å². The summed E-state index contributed by atoms with van der Waals surface area (Å²) in [4.78, 5) is 0. The van der Waals surface area contributed by atoms with Gasteiger partial charge >= 0.3 is 0 Å². The SMILES string of the molecule is CCCS(=O)N1CCCCCC1. The molecular formula is C9H19NOS. The van der Waals surface area contributed by atoms with E-state index in [9.17, 15) is 4.21 Å². The van der Waals surface area contributed by atoms with Gasteiger partial charge in [0.25, 0.3) is 0 Å². The highest BCUT2D eigenvalue weighted by molar-refractivity contribution is 7.82. The molecule has 0 spiro atoms. The van der Waals surface area contributed by atoms with E-state index >= 15 is 0 Å². The van der Waals surface area contributed by atoms with E-state index in [4.69, 9.17) is 0 Å². The first kappa shape index (κ1) is 10.2. The van der Waals surface area contributed by atoms with E-state index < -0.39 is 11.0 Å². The normalized spacial score (nSPS) is 23.4. The molecule has 1 unspecified atom stereocenters. The summed E-state index contributed by atoms with van der Waals surface area (Å²) in [6.07, 6.45) is 6.13. The molecule has 0 N–H and O–H groups in total. The van der Waals surface area contributed by atoms with E-state index in [1.807, 2.05) is 0 Å². The molecule has 0 amide bonds. The molecule has 2 nitrogen and oxygen atoms in total. The fourth-order valence-electron chi connectivity index (χ4n) is 1.55. The van der Waals surface area contributed by atoms with Crippen LogP contribution in [0.3, 0.4) is 0 Å². The van der Waals surface area contributed by atoms with Gasteiger partial charge in [-0.1, -0.05) is 19.8 Å². The van der Waals surface area contributed by atoms with Gasteiger partial charge in [-0.25, -0.2) is 8.51 Å². The first-order valence-electron chi connectivity index (χ1n) is 4.98. The molecule has 1 rings (SSSR count). The predicted octanol–water partition coefficient (Wildman–Crippen LogP) is 1.94. The highest BCUT2D eigenvalue weighted by atomic mass is 32.2. The zero-order valence-electron chi connectivity index (χ0n) is 7.92. The van der Waals surface area contributed by atoms with E-state index in [1.165, 1.54) is 25.7 Å². The summed E-state index contributed by atoms with van der Waals surface area (Å²) in [6.45, 7) is 4.19. The fourth-order valence-corrected chi connectivity index (χ4v) is 2.82. The van der Waals surface area contributed by atoms with E-state index in [2.05, 4.69) is 11.2 Å². The Hall–Kier alpha value is 0.110. The summed E-state index contributed by atoms with van der Waals surface area (Å²) in [5, 5.41) is 0. The molecule has 0 aromatic carbocycles. The largest absolute Gasteiger partial charge is 0.243 e. The Morgan fingerprint density at radius 1 is 1.17 bits per heavy atom. The Balaban J connectivity index is 2.32. The minimum atomic E-state index is -0.684. The van der Waals surface area contributed by atoms with Crippen LogP contribution in [0.1, 0.15) is 39.0 Å². The standard InChI is InChI=1S/C9H19NOS/c1-2-9-12(11)10-7-5-3-4-6-8-10/h2-9H2,1H3. The summed E-state index contributed by atoms with van der Waals surface area (Å²) < 4.78 is 13.7. The Labute approximate surface area is 77.9 Å². The van der Waals surface area contributed by atoms with E-state index in [1.54, 1.807) is 0 Å². The van der Waals surface area contributed by atoms with Gasteiger partial charge in [0, 0.05) is 18.8 Å². The van der Waals surface area contributed by atoms with Crippen molar-refractivity contribution in [1.29, 1.82) is 0 Å². The van der Waals surface area contributed by atoms with Crippen LogP contribution < -0.4 is 0 Å². The average molecular weight is 189 g/mol. The molecule has 1 aliphatic heterocycles. The third-order valence-electron chi connectivity index (χ3n) is 2.23. The topological polar surface area (TPSA) is 20.3 Å². The predicted molar refractivity (Wildman–Crippen MR) is 53.3 cm³/mol. The molecule has 72 valence electrons. The van der Waals surface area contributed by atoms with Crippen LogP contribution >= 0.6 is 0 Å². The number of hydrogen-bond donors (Lipinski definition) is 0. The third kappa shape index (κ3) is 3.23. The zero-order chi connectivity index (χ0) is 8.81. The lowest BCUT2D eigenvalue weighted by Gasteiger charge is -2.17. The highest BCUT2D eigenvalue weighted by Crippen LogP contribution is 2.11. The lowest BCUT2D eigenvalue weighted by molar-refractivity contribution is 0.460. The van der Waals surface area contributed by atoms with Gasteiger partial charge in [-0.3, -0.25) is 0 Å². The number of hydrogen-bond acceptors (Lipinski definition) is 1. The van der Waals surface area contributed by atoms with Gasteiger partial charge < -0.3 is 0 Å². The second-order valence-corrected chi connectivity index (χ2v) is 4.94. The Morgan fingerprint density at radius 2 is 1.75 bits per heavy atom. The molecule has 0 aliphatic carbocycles. The smallest absolute Gasteiger partial charge is 0.0942 e. The monoisotopic (exact) mass is 189 g/mol. The molecule has 1 saturated heterocycles. The summed E-state index contributed by atoms with van der Waals surface area (Å²) in [7, 11) is -0.684. The fraction of sp³-hybridized carbons (Fsp3) is 1.00. The van der Waals surface area contributed by atoms with Gasteiger partial charge in [-0.2, -0.15) is 0 Å². The van der Waals surface area contributed by atoms with Crippen LogP contribution in [0.25, 0.3) is 0 Å². The first-order chi connectivity index (χ1) is 5.84. The van der Waals surface area contributed by atoms with Crippen molar-refractivity contribution in [3.05, 3.63) is 0 Å². The molecule has 1 heterocycles. The quantitative estimate of drug-likeness (QED) is 0.664. The maximum absolute atomic E-state index is 11.6. The first-order valence-corrected chi connectivity index (χ1v) is 6.25.